The molecule has 3 heteroatoms. The molecule has 2 nitrogen and oxygen atoms in total. The van der Waals surface area contributed by atoms with E-state index in [-0.39, 0.29) is 0 Å². The summed E-state index contributed by atoms with van der Waals surface area (Å²) in [6.45, 7) is 3.98. The number of rotatable bonds is 1. The molecule has 0 aliphatic carbocycles. The Bertz CT molecular complexity index is 373. The zero-order valence-electron chi connectivity index (χ0n) is 9.44. The summed E-state index contributed by atoms with van der Waals surface area (Å²) >= 11 is 0. The average molecular weight is 225 g/mol. The van der Waals surface area contributed by atoms with Gasteiger partial charge in [-0.1, -0.05) is 17.7 Å². The molecular formula is C12H19NOS. The minimum Gasteiger partial charge on any atom is -0.370 e. The second-order valence-electron chi connectivity index (χ2n) is 4.57. The van der Waals surface area contributed by atoms with Crippen LogP contribution in [0.1, 0.15) is 5.56 Å². The largest absolute Gasteiger partial charge is 0.370 e. The standard InChI is InChI=1S/C12H19NOS/c1-11-3-5-12(6-4-11)13-7-9-15(2,14)10-8-13/h3-6,15H,7-10H2,1-2H3. The summed E-state index contributed by atoms with van der Waals surface area (Å²) in [5.74, 6) is 1.72. The van der Waals surface area contributed by atoms with Crippen LogP contribution >= 0.6 is 0 Å². The van der Waals surface area contributed by atoms with Crippen molar-refractivity contribution in [1.29, 1.82) is 0 Å². The minimum atomic E-state index is -1.80. The molecule has 15 heavy (non-hydrogen) atoms. The fourth-order valence-corrected chi connectivity index (χ4v) is 3.45. The van der Waals surface area contributed by atoms with E-state index in [9.17, 15) is 4.21 Å². The summed E-state index contributed by atoms with van der Waals surface area (Å²) in [6, 6.07) is 8.58. The highest BCUT2D eigenvalue weighted by Crippen LogP contribution is 2.19. The van der Waals surface area contributed by atoms with Gasteiger partial charge in [-0.05, 0) is 25.3 Å². The topological polar surface area (TPSA) is 20.3 Å². The molecule has 1 fully saturated rings. The molecule has 0 radical (unpaired) electrons. The normalized spacial score (nSPS) is 22.4. The zero-order valence-corrected chi connectivity index (χ0v) is 10.3. The van der Waals surface area contributed by atoms with Gasteiger partial charge in [0.15, 0.2) is 0 Å². The average Bonchev–Trinajstić information content (AvgIpc) is 2.20. The first-order valence-corrected chi connectivity index (χ1v) is 7.96. The van der Waals surface area contributed by atoms with Gasteiger partial charge in [0.25, 0.3) is 0 Å². The van der Waals surface area contributed by atoms with E-state index in [1.54, 1.807) is 0 Å². The summed E-state index contributed by atoms with van der Waals surface area (Å²) in [6.07, 6.45) is 1.93. The zero-order chi connectivity index (χ0) is 10.9. The SMILES string of the molecule is Cc1ccc(N2CC[SH](C)(=O)CC2)cc1. The molecule has 1 heterocycles. The van der Waals surface area contributed by atoms with Gasteiger partial charge in [0.1, 0.15) is 0 Å². The van der Waals surface area contributed by atoms with E-state index in [2.05, 4.69) is 36.1 Å². The van der Waals surface area contributed by atoms with E-state index in [0.717, 1.165) is 24.6 Å². The van der Waals surface area contributed by atoms with Gasteiger partial charge in [-0.2, -0.15) is 0 Å². The van der Waals surface area contributed by atoms with Gasteiger partial charge in [0.2, 0.25) is 0 Å². The van der Waals surface area contributed by atoms with Crippen LogP contribution in [0.3, 0.4) is 0 Å². The summed E-state index contributed by atoms with van der Waals surface area (Å²) < 4.78 is 11.8. The molecule has 1 aliphatic rings. The Labute approximate surface area is 92.7 Å². The van der Waals surface area contributed by atoms with Crippen molar-refractivity contribution in [3.63, 3.8) is 0 Å². The van der Waals surface area contributed by atoms with Crippen LogP contribution in [0.4, 0.5) is 5.69 Å². The second kappa shape index (κ2) is 3.97. The minimum absolute atomic E-state index is 0.862. The highest BCUT2D eigenvalue weighted by atomic mass is 32.2. The van der Waals surface area contributed by atoms with Crippen molar-refractivity contribution in [3.05, 3.63) is 29.8 Å². The van der Waals surface area contributed by atoms with Crippen LogP contribution in [0.2, 0.25) is 0 Å². The van der Waals surface area contributed by atoms with Gasteiger partial charge in [-0.15, -0.1) is 9.93 Å². The lowest BCUT2D eigenvalue weighted by molar-refractivity contribution is 0.663. The quantitative estimate of drug-likeness (QED) is 0.730. The van der Waals surface area contributed by atoms with E-state index in [0.29, 0.717) is 0 Å². The predicted octanol–water partition coefficient (Wildman–Crippen LogP) is 1.46. The summed E-state index contributed by atoms with van der Waals surface area (Å²) in [4.78, 5) is 2.33. The molecule has 0 bridgehead atoms. The van der Waals surface area contributed by atoms with Crippen molar-refractivity contribution in [2.24, 2.45) is 0 Å². The first-order valence-electron chi connectivity index (χ1n) is 5.44. The summed E-state index contributed by atoms with van der Waals surface area (Å²) in [5.41, 5.74) is 2.55. The molecular weight excluding hydrogens is 206 g/mol. The Balaban J connectivity index is 2.07. The summed E-state index contributed by atoms with van der Waals surface area (Å²) in [7, 11) is -1.80. The first kappa shape index (κ1) is 10.7. The third-order valence-corrected chi connectivity index (χ3v) is 5.38. The second-order valence-corrected chi connectivity index (χ2v) is 8.05. The van der Waals surface area contributed by atoms with Crippen LogP contribution in [0.15, 0.2) is 24.3 Å². The van der Waals surface area contributed by atoms with Crippen LogP contribution in [0, 0.1) is 6.92 Å². The highest BCUT2D eigenvalue weighted by Gasteiger charge is 2.19. The fraction of sp³-hybridized carbons (Fsp3) is 0.500. The molecule has 1 aromatic rings. The van der Waals surface area contributed by atoms with Gasteiger partial charge in [0, 0.05) is 30.3 Å². The van der Waals surface area contributed by atoms with Gasteiger partial charge in [0.05, 0.1) is 0 Å². The molecule has 0 aromatic heterocycles. The van der Waals surface area contributed by atoms with Gasteiger partial charge in [-0.25, -0.2) is 0 Å². The lowest BCUT2D eigenvalue weighted by atomic mass is 10.2. The van der Waals surface area contributed by atoms with Crippen LogP contribution in [0.5, 0.6) is 0 Å². The maximum Gasteiger partial charge on any atom is 0.0366 e. The first-order chi connectivity index (χ1) is 7.07. The molecule has 1 saturated heterocycles. The molecule has 0 amide bonds. The van der Waals surface area contributed by atoms with E-state index >= 15 is 0 Å². The summed E-state index contributed by atoms with van der Waals surface area (Å²) in [5, 5.41) is 0. The molecule has 84 valence electrons. The van der Waals surface area contributed by atoms with Crippen LogP contribution in [0.25, 0.3) is 0 Å². The molecule has 1 aliphatic heterocycles. The lowest BCUT2D eigenvalue weighted by Crippen LogP contribution is -2.43. The van der Waals surface area contributed by atoms with Crippen LogP contribution < -0.4 is 4.90 Å². The number of hydrogen-bond donors (Lipinski definition) is 1. The highest BCUT2D eigenvalue weighted by molar-refractivity contribution is 8.02. The Morgan fingerprint density at radius 2 is 1.67 bits per heavy atom. The Hall–Kier alpha value is -0.830. The molecule has 0 atom stereocenters. The number of aryl methyl sites for hydroxylation is 1. The third kappa shape index (κ3) is 2.59. The molecule has 0 N–H and O–H groups in total. The number of thiol groups is 1. The van der Waals surface area contributed by atoms with Gasteiger partial charge < -0.3 is 4.90 Å². The van der Waals surface area contributed by atoms with E-state index in [4.69, 9.17) is 0 Å². The Morgan fingerprint density at radius 3 is 2.20 bits per heavy atom. The van der Waals surface area contributed by atoms with E-state index < -0.39 is 9.93 Å². The van der Waals surface area contributed by atoms with Gasteiger partial charge >= 0.3 is 0 Å². The maximum absolute atomic E-state index is 11.8. The molecule has 0 saturated carbocycles. The molecule has 0 unspecified atom stereocenters. The smallest absolute Gasteiger partial charge is 0.0366 e. The van der Waals surface area contributed by atoms with Crippen molar-refractivity contribution in [1.82, 2.24) is 0 Å². The van der Waals surface area contributed by atoms with E-state index in [1.165, 1.54) is 11.3 Å². The van der Waals surface area contributed by atoms with Gasteiger partial charge in [-0.3, -0.25) is 4.21 Å². The molecule has 0 spiro atoms. The van der Waals surface area contributed by atoms with Crippen molar-refractivity contribution < 1.29 is 4.21 Å². The Kier molecular flexibility index (Phi) is 2.83. The number of anilines is 1. The Morgan fingerprint density at radius 1 is 1.13 bits per heavy atom. The number of hydrogen-bond acceptors (Lipinski definition) is 2. The van der Waals surface area contributed by atoms with Crippen LogP contribution in [-0.4, -0.2) is 35.1 Å². The monoisotopic (exact) mass is 225 g/mol. The molecule has 2 rings (SSSR count). The number of nitrogens with zero attached hydrogens (tertiary/aromatic N) is 1. The molecule has 1 aromatic carbocycles. The maximum atomic E-state index is 11.8. The van der Waals surface area contributed by atoms with Crippen molar-refractivity contribution >= 4 is 15.6 Å². The van der Waals surface area contributed by atoms with E-state index in [1.807, 2.05) is 6.26 Å². The number of benzene rings is 1. The third-order valence-electron chi connectivity index (χ3n) is 3.08. The lowest BCUT2D eigenvalue weighted by Gasteiger charge is -2.34. The predicted molar refractivity (Wildman–Crippen MR) is 68.6 cm³/mol. The fourth-order valence-electron chi connectivity index (χ4n) is 1.90. The van der Waals surface area contributed by atoms with Crippen molar-refractivity contribution in [2.45, 2.75) is 6.92 Å². The van der Waals surface area contributed by atoms with Crippen molar-refractivity contribution in [2.75, 3.05) is 35.8 Å². The van der Waals surface area contributed by atoms with Crippen LogP contribution in [-0.2, 0) is 9.93 Å². The van der Waals surface area contributed by atoms with Crippen molar-refractivity contribution in [3.8, 4) is 0 Å².